The van der Waals surface area contributed by atoms with E-state index in [1.165, 1.54) is 0 Å². The van der Waals surface area contributed by atoms with Crippen LogP contribution >= 0.6 is 0 Å². The van der Waals surface area contributed by atoms with Gasteiger partial charge in [0.25, 0.3) is 0 Å². The minimum absolute atomic E-state index is 0.323. The normalized spacial score (nSPS) is 13.7. The molecule has 1 aromatic carbocycles. The van der Waals surface area contributed by atoms with Crippen molar-refractivity contribution in [2.45, 2.75) is 33.3 Å². The lowest BCUT2D eigenvalue weighted by Gasteiger charge is -2.21. The Morgan fingerprint density at radius 2 is 2.05 bits per heavy atom. The summed E-state index contributed by atoms with van der Waals surface area (Å²) < 4.78 is 10.2. The summed E-state index contributed by atoms with van der Waals surface area (Å²) in [4.78, 5) is 11.8. The number of benzene rings is 1. The SMILES string of the molecule is CCOC(=O)C(CC)C(O)c1ccc(OC)c(C)c1. The average Bonchev–Trinajstić information content (AvgIpc) is 2.39. The van der Waals surface area contributed by atoms with Gasteiger partial charge >= 0.3 is 5.97 Å². The molecule has 0 fully saturated rings. The number of methoxy groups -OCH3 is 1. The third-order valence-corrected chi connectivity index (χ3v) is 3.17. The molecule has 0 saturated heterocycles. The molecule has 2 unspecified atom stereocenters. The summed E-state index contributed by atoms with van der Waals surface area (Å²) in [5, 5.41) is 10.3. The van der Waals surface area contributed by atoms with Gasteiger partial charge in [0.15, 0.2) is 0 Å². The first kappa shape index (κ1) is 15.5. The van der Waals surface area contributed by atoms with E-state index in [0.29, 0.717) is 18.6 Å². The maximum atomic E-state index is 11.8. The number of aliphatic hydroxyl groups is 1. The molecule has 0 heterocycles. The van der Waals surface area contributed by atoms with E-state index in [-0.39, 0.29) is 5.97 Å². The van der Waals surface area contributed by atoms with Gasteiger partial charge in [-0.05, 0) is 43.5 Å². The molecule has 19 heavy (non-hydrogen) atoms. The summed E-state index contributed by atoms with van der Waals surface area (Å²) in [6.07, 6.45) is -0.320. The van der Waals surface area contributed by atoms with E-state index >= 15 is 0 Å². The topological polar surface area (TPSA) is 55.8 Å². The third kappa shape index (κ3) is 3.70. The van der Waals surface area contributed by atoms with Gasteiger partial charge < -0.3 is 14.6 Å². The van der Waals surface area contributed by atoms with Gasteiger partial charge in [-0.2, -0.15) is 0 Å². The molecule has 0 aliphatic rings. The van der Waals surface area contributed by atoms with Crippen LogP contribution in [-0.2, 0) is 9.53 Å². The molecule has 0 bridgehead atoms. The molecule has 0 spiro atoms. The number of esters is 1. The standard InChI is InChI=1S/C15H22O4/c1-5-12(15(17)19-6-2)14(16)11-7-8-13(18-4)10(3)9-11/h7-9,12,14,16H,5-6H2,1-4H3. The first-order valence-electron chi connectivity index (χ1n) is 6.54. The Hall–Kier alpha value is -1.55. The lowest BCUT2D eigenvalue weighted by Crippen LogP contribution is -2.24. The highest BCUT2D eigenvalue weighted by molar-refractivity contribution is 5.73. The van der Waals surface area contributed by atoms with Gasteiger partial charge in [-0.1, -0.05) is 13.0 Å². The number of hydrogen-bond acceptors (Lipinski definition) is 4. The van der Waals surface area contributed by atoms with Crippen LogP contribution < -0.4 is 4.74 Å². The maximum Gasteiger partial charge on any atom is 0.311 e. The van der Waals surface area contributed by atoms with Crippen LogP contribution in [0.3, 0.4) is 0 Å². The molecule has 0 aliphatic heterocycles. The zero-order chi connectivity index (χ0) is 14.4. The van der Waals surface area contributed by atoms with E-state index < -0.39 is 12.0 Å². The van der Waals surface area contributed by atoms with Crippen LogP contribution in [0.5, 0.6) is 5.75 Å². The lowest BCUT2D eigenvalue weighted by molar-refractivity contribution is -0.152. The Labute approximate surface area is 114 Å². The molecular formula is C15H22O4. The van der Waals surface area contributed by atoms with Crippen LogP contribution in [0.2, 0.25) is 0 Å². The fourth-order valence-corrected chi connectivity index (χ4v) is 2.09. The smallest absolute Gasteiger partial charge is 0.311 e. The van der Waals surface area contributed by atoms with Crippen molar-refractivity contribution in [3.63, 3.8) is 0 Å². The Balaban J connectivity index is 2.94. The molecule has 1 rings (SSSR count). The highest BCUT2D eigenvalue weighted by atomic mass is 16.5. The molecule has 0 aromatic heterocycles. The van der Waals surface area contributed by atoms with Crippen molar-refractivity contribution in [3.8, 4) is 5.75 Å². The maximum absolute atomic E-state index is 11.8. The molecule has 4 heteroatoms. The van der Waals surface area contributed by atoms with Gasteiger partial charge in [0.1, 0.15) is 5.75 Å². The minimum atomic E-state index is -0.853. The van der Waals surface area contributed by atoms with Crippen molar-refractivity contribution in [1.82, 2.24) is 0 Å². The fourth-order valence-electron chi connectivity index (χ4n) is 2.09. The number of ether oxygens (including phenoxy) is 2. The molecule has 0 radical (unpaired) electrons. The van der Waals surface area contributed by atoms with Gasteiger partial charge in [-0.25, -0.2) is 0 Å². The summed E-state index contributed by atoms with van der Waals surface area (Å²) >= 11 is 0. The predicted molar refractivity (Wildman–Crippen MR) is 73.1 cm³/mol. The van der Waals surface area contributed by atoms with E-state index in [1.54, 1.807) is 26.2 Å². The zero-order valence-corrected chi connectivity index (χ0v) is 12.0. The van der Waals surface area contributed by atoms with Crippen molar-refractivity contribution >= 4 is 5.97 Å². The zero-order valence-electron chi connectivity index (χ0n) is 12.0. The Morgan fingerprint density at radius 3 is 2.53 bits per heavy atom. The quantitative estimate of drug-likeness (QED) is 0.804. The monoisotopic (exact) mass is 266 g/mol. The Kier molecular flexibility index (Phi) is 5.83. The van der Waals surface area contributed by atoms with Crippen molar-refractivity contribution in [2.24, 2.45) is 5.92 Å². The average molecular weight is 266 g/mol. The fraction of sp³-hybridized carbons (Fsp3) is 0.533. The number of hydrogen-bond donors (Lipinski definition) is 1. The molecule has 1 N–H and O–H groups in total. The van der Waals surface area contributed by atoms with Crippen LogP contribution in [0.15, 0.2) is 18.2 Å². The van der Waals surface area contributed by atoms with Crippen LogP contribution in [0.1, 0.15) is 37.5 Å². The van der Waals surface area contributed by atoms with Gasteiger partial charge in [0.05, 0.1) is 25.7 Å². The number of rotatable bonds is 6. The first-order chi connectivity index (χ1) is 9.04. The summed E-state index contributed by atoms with van der Waals surface area (Å²) in [5.74, 6) is -0.126. The second kappa shape index (κ2) is 7.14. The van der Waals surface area contributed by atoms with E-state index in [1.807, 2.05) is 19.9 Å². The molecule has 0 saturated carbocycles. The molecule has 106 valence electrons. The second-order valence-corrected chi connectivity index (χ2v) is 4.44. The molecule has 0 aliphatic carbocycles. The summed E-state index contributed by atoms with van der Waals surface area (Å²) in [6, 6.07) is 5.41. The third-order valence-electron chi connectivity index (χ3n) is 3.17. The van der Waals surface area contributed by atoms with Crippen molar-refractivity contribution in [2.75, 3.05) is 13.7 Å². The van der Waals surface area contributed by atoms with Crippen molar-refractivity contribution < 1.29 is 19.4 Å². The van der Waals surface area contributed by atoms with Gasteiger partial charge in [0.2, 0.25) is 0 Å². The summed E-state index contributed by atoms with van der Waals surface area (Å²) in [7, 11) is 1.60. The summed E-state index contributed by atoms with van der Waals surface area (Å²) in [6.45, 7) is 5.85. The summed E-state index contributed by atoms with van der Waals surface area (Å²) in [5.41, 5.74) is 1.64. The van der Waals surface area contributed by atoms with E-state index in [4.69, 9.17) is 9.47 Å². The van der Waals surface area contributed by atoms with Crippen LogP contribution in [0, 0.1) is 12.8 Å². The van der Waals surface area contributed by atoms with Crippen molar-refractivity contribution in [3.05, 3.63) is 29.3 Å². The van der Waals surface area contributed by atoms with E-state index in [0.717, 1.165) is 11.3 Å². The van der Waals surface area contributed by atoms with E-state index in [9.17, 15) is 9.90 Å². The highest BCUT2D eigenvalue weighted by Crippen LogP contribution is 2.29. The van der Waals surface area contributed by atoms with Crippen LogP contribution in [-0.4, -0.2) is 24.8 Å². The predicted octanol–water partition coefficient (Wildman–Crippen LogP) is 2.63. The molecule has 4 nitrogen and oxygen atoms in total. The molecule has 2 atom stereocenters. The van der Waals surface area contributed by atoms with Gasteiger partial charge in [-0.15, -0.1) is 0 Å². The van der Waals surface area contributed by atoms with Crippen molar-refractivity contribution in [1.29, 1.82) is 0 Å². The van der Waals surface area contributed by atoms with E-state index in [2.05, 4.69) is 0 Å². The number of aryl methyl sites for hydroxylation is 1. The Morgan fingerprint density at radius 1 is 1.37 bits per heavy atom. The number of aliphatic hydroxyl groups excluding tert-OH is 1. The first-order valence-corrected chi connectivity index (χ1v) is 6.54. The Bertz CT molecular complexity index is 428. The lowest BCUT2D eigenvalue weighted by atomic mass is 9.92. The molecule has 1 aromatic rings. The molecular weight excluding hydrogens is 244 g/mol. The van der Waals surface area contributed by atoms with Crippen LogP contribution in [0.25, 0.3) is 0 Å². The largest absolute Gasteiger partial charge is 0.496 e. The minimum Gasteiger partial charge on any atom is -0.496 e. The van der Waals surface area contributed by atoms with Gasteiger partial charge in [-0.3, -0.25) is 4.79 Å². The molecule has 0 amide bonds. The van der Waals surface area contributed by atoms with Crippen LogP contribution in [0.4, 0.5) is 0 Å². The highest BCUT2D eigenvalue weighted by Gasteiger charge is 2.27. The second-order valence-electron chi connectivity index (χ2n) is 4.44. The number of carbonyl (C=O) groups is 1. The number of carbonyl (C=O) groups excluding carboxylic acids is 1. The van der Waals surface area contributed by atoms with Gasteiger partial charge in [0, 0.05) is 0 Å².